The Balaban J connectivity index is 2.34. The molecule has 0 heterocycles. The van der Waals surface area contributed by atoms with Gasteiger partial charge in [0.2, 0.25) is 0 Å². The van der Waals surface area contributed by atoms with Gasteiger partial charge in [0.15, 0.2) is 0 Å². The molecule has 19 heavy (non-hydrogen) atoms. The van der Waals surface area contributed by atoms with E-state index in [1.165, 1.54) is 5.56 Å². The quantitative estimate of drug-likeness (QED) is 0.902. The van der Waals surface area contributed by atoms with E-state index in [1.807, 2.05) is 18.2 Å². The van der Waals surface area contributed by atoms with Crippen LogP contribution < -0.4 is 4.90 Å². The standard InChI is InChI=1S/C16H17NO2/c1-3-17(15-6-4-5-12(2)11-15)14-9-7-13(8-10-14)16(18)19/h4-11H,3H2,1-2H3,(H,18,19). The summed E-state index contributed by atoms with van der Waals surface area (Å²) < 4.78 is 0. The molecular formula is C16H17NO2. The second-order valence-electron chi connectivity index (χ2n) is 4.44. The van der Waals surface area contributed by atoms with Crippen molar-refractivity contribution in [1.29, 1.82) is 0 Å². The van der Waals surface area contributed by atoms with Crippen LogP contribution in [0, 0.1) is 6.92 Å². The van der Waals surface area contributed by atoms with Gasteiger partial charge in [0.1, 0.15) is 0 Å². The maximum atomic E-state index is 10.9. The van der Waals surface area contributed by atoms with Crippen LogP contribution in [0.25, 0.3) is 0 Å². The zero-order chi connectivity index (χ0) is 13.8. The SMILES string of the molecule is CCN(c1ccc(C(=O)O)cc1)c1cccc(C)c1. The fourth-order valence-corrected chi connectivity index (χ4v) is 2.09. The first-order valence-electron chi connectivity index (χ1n) is 6.29. The number of carboxylic acids is 1. The molecule has 2 rings (SSSR count). The van der Waals surface area contributed by atoms with E-state index in [0.29, 0.717) is 5.56 Å². The number of anilines is 2. The van der Waals surface area contributed by atoms with Crippen LogP contribution in [0.2, 0.25) is 0 Å². The Morgan fingerprint density at radius 1 is 1.11 bits per heavy atom. The summed E-state index contributed by atoms with van der Waals surface area (Å²) in [5.74, 6) is -0.898. The molecule has 1 N–H and O–H groups in total. The van der Waals surface area contributed by atoms with Gasteiger partial charge < -0.3 is 10.0 Å². The highest BCUT2D eigenvalue weighted by Gasteiger charge is 2.08. The summed E-state index contributed by atoms with van der Waals surface area (Å²) in [5.41, 5.74) is 3.63. The van der Waals surface area contributed by atoms with Gasteiger partial charge in [-0.1, -0.05) is 12.1 Å². The first kappa shape index (κ1) is 13.1. The number of aryl methyl sites for hydroxylation is 1. The van der Waals surface area contributed by atoms with Crippen molar-refractivity contribution in [2.75, 3.05) is 11.4 Å². The lowest BCUT2D eigenvalue weighted by atomic mass is 10.1. The molecular weight excluding hydrogens is 238 g/mol. The normalized spacial score (nSPS) is 10.2. The van der Waals surface area contributed by atoms with Gasteiger partial charge in [-0.25, -0.2) is 4.79 Å². The molecule has 3 nitrogen and oxygen atoms in total. The van der Waals surface area contributed by atoms with E-state index in [2.05, 4.69) is 36.9 Å². The van der Waals surface area contributed by atoms with Gasteiger partial charge in [-0.2, -0.15) is 0 Å². The van der Waals surface area contributed by atoms with Gasteiger partial charge in [0, 0.05) is 17.9 Å². The fourth-order valence-electron chi connectivity index (χ4n) is 2.09. The molecule has 0 aliphatic carbocycles. The van der Waals surface area contributed by atoms with Gasteiger partial charge in [0.25, 0.3) is 0 Å². The molecule has 0 saturated carbocycles. The lowest BCUT2D eigenvalue weighted by Crippen LogP contribution is -2.16. The maximum absolute atomic E-state index is 10.9. The summed E-state index contributed by atoms with van der Waals surface area (Å²) in [6, 6.07) is 15.2. The molecule has 0 amide bonds. The Labute approximate surface area is 113 Å². The molecule has 0 fully saturated rings. The number of rotatable bonds is 4. The van der Waals surface area contributed by atoms with Gasteiger partial charge in [0.05, 0.1) is 5.56 Å². The van der Waals surface area contributed by atoms with Crippen molar-refractivity contribution in [3.05, 3.63) is 59.7 Å². The molecule has 0 aliphatic heterocycles. The van der Waals surface area contributed by atoms with E-state index in [0.717, 1.165) is 17.9 Å². The molecule has 0 radical (unpaired) electrons. The molecule has 0 aromatic heterocycles. The van der Waals surface area contributed by atoms with Crippen molar-refractivity contribution in [3.63, 3.8) is 0 Å². The third-order valence-electron chi connectivity index (χ3n) is 3.06. The van der Waals surface area contributed by atoms with Crippen LogP contribution in [-0.4, -0.2) is 17.6 Å². The van der Waals surface area contributed by atoms with Crippen molar-refractivity contribution >= 4 is 17.3 Å². The van der Waals surface area contributed by atoms with Crippen LogP contribution in [0.4, 0.5) is 11.4 Å². The summed E-state index contributed by atoms with van der Waals surface area (Å²) in [6.07, 6.45) is 0. The minimum Gasteiger partial charge on any atom is -0.478 e. The van der Waals surface area contributed by atoms with Crippen LogP contribution >= 0.6 is 0 Å². The van der Waals surface area contributed by atoms with Crippen LogP contribution in [0.15, 0.2) is 48.5 Å². The smallest absolute Gasteiger partial charge is 0.335 e. The molecule has 0 aliphatic rings. The zero-order valence-corrected chi connectivity index (χ0v) is 11.1. The molecule has 0 atom stereocenters. The third kappa shape index (κ3) is 2.94. The first-order valence-corrected chi connectivity index (χ1v) is 6.29. The molecule has 2 aromatic carbocycles. The Morgan fingerprint density at radius 3 is 2.32 bits per heavy atom. The van der Waals surface area contributed by atoms with Gasteiger partial charge in [-0.15, -0.1) is 0 Å². The van der Waals surface area contributed by atoms with Crippen molar-refractivity contribution in [1.82, 2.24) is 0 Å². The highest BCUT2D eigenvalue weighted by Crippen LogP contribution is 2.25. The summed E-state index contributed by atoms with van der Waals surface area (Å²) in [7, 11) is 0. The number of hydrogen-bond acceptors (Lipinski definition) is 2. The van der Waals surface area contributed by atoms with Crippen molar-refractivity contribution in [3.8, 4) is 0 Å². The zero-order valence-electron chi connectivity index (χ0n) is 11.1. The van der Waals surface area contributed by atoms with E-state index >= 15 is 0 Å². The largest absolute Gasteiger partial charge is 0.478 e. The second kappa shape index (κ2) is 5.57. The summed E-state index contributed by atoms with van der Waals surface area (Å²) in [6.45, 7) is 4.97. The minimum absolute atomic E-state index is 0.309. The lowest BCUT2D eigenvalue weighted by molar-refractivity contribution is 0.0697. The Kier molecular flexibility index (Phi) is 3.85. The Morgan fingerprint density at radius 2 is 1.79 bits per heavy atom. The number of hydrogen-bond donors (Lipinski definition) is 1. The molecule has 0 unspecified atom stereocenters. The van der Waals surface area contributed by atoms with Crippen LogP contribution in [0.3, 0.4) is 0 Å². The van der Waals surface area contributed by atoms with E-state index in [-0.39, 0.29) is 0 Å². The molecule has 2 aromatic rings. The van der Waals surface area contributed by atoms with E-state index in [1.54, 1.807) is 12.1 Å². The highest BCUT2D eigenvalue weighted by molar-refractivity contribution is 5.88. The lowest BCUT2D eigenvalue weighted by Gasteiger charge is -2.23. The van der Waals surface area contributed by atoms with Crippen LogP contribution in [0.5, 0.6) is 0 Å². The highest BCUT2D eigenvalue weighted by atomic mass is 16.4. The molecule has 0 bridgehead atoms. The third-order valence-corrected chi connectivity index (χ3v) is 3.06. The number of benzene rings is 2. The monoisotopic (exact) mass is 255 g/mol. The fraction of sp³-hybridized carbons (Fsp3) is 0.188. The van der Waals surface area contributed by atoms with Gasteiger partial charge in [-0.05, 0) is 55.8 Å². The summed E-state index contributed by atoms with van der Waals surface area (Å²) in [5, 5.41) is 8.91. The van der Waals surface area contributed by atoms with E-state index in [4.69, 9.17) is 5.11 Å². The average molecular weight is 255 g/mol. The Hall–Kier alpha value is -2.29. The van der Waals surface area contributed by atoms with E-state index < -0.39 is 5.97 Å². The first-order chi connectivity index (χ1) is 9.11. The average Bonchev–Trinajstić information content (AvgIpc) is 2.40. The van der Waals surface area contributed by atoms with Crippen LogP contribution in [-0.2, 0) is 0 Å². The molecule has 98 valence electrons. The van der Waals surface area contributed by atoms with Gasteiger partial charge in [-0.3, -0.25) is 0 Å². The number of carbonyl (C=O) groups is 1. The minimum atomic E-state index is -0.898. The molecule has 3 heteroatoms. The van der Waals surface area contributed by atoms with Crippen LogP contribution in [0.1, 0.15) is 22.8 Å². The predicted molar refractivity (Wildman–Crippen MR) is 77.3 cm³/mol. The summed E-state index contributed by atoms with van der Waals surface area (Å²) in [4.78, 5) is 13.0. The van der Waals surface area contributed by atoms with Gasteiger partial charge >= 0.3 is 5.97 Å². The van der Waals surface area contributed by atoms with Crippen molar-refractivity contribution < 1.29 is 9.90 Å². The number of carboxylic acid groups (broad SMARTS) is 1. The predicted octanol–water partition coefficient (Wildman–Crippen LogP) is 3.85. The Bertz CT molecular complexity index is 576. The van der Waals surface area contributed by atoms with Crippen molar-refractivity contribution in [2.45, 2.75) is 13.8 Å². The van der Waals surface area contributed by atoms with E-state index in [9.17, 15) is 4.79 Å². The topological polar surface area (TPSA) is 40.5 Å². The second-order valence-corrected chi connectivity index (χ2v) is 4.44. The molecule has 0 spiro atoms. The summed E-state index contributed by atoms with van der Waals surface area (Å²) >= 11 is 0. The van der Waals surface area contributed by atoms with Crippen molar-refractivity contribution in [2.24, 2.45) is 0 Å². The number of aromatic carboxylic acids is 1. The maximum Gasteiger partial charge on any atom is 0.335 e. The number of nitrogens with zero attached hydrogens (tertiary/aromatic N) is 1. The molecule has 0 saturated heterocycles.